The van der Waals surface area contributed by atoms with E-state index in [1.165, 1.54) is 12.1 Å². The third-order valence-corrected chi connectivity index (χ3v) is 4.89. The molecule has 30 heavy (non-hydrogen) atoms. The smallest absolute Gasteiger partial charge is 0.123 e. The first-order valence-corrected chi connectivity index (χ1v) is 10.5. The largest absolute Gasteiger partial charge is 0.303 e. The van der Waals surface area contributed by atoms with Gasteiger partial charge in [-0.05, 0) is 35.4 Å². The maximum absolute atomic E-state index is 13.5. The summed E-state index contributed by atoms with van der Waals surface area (Å²) in [7, 11) is 0. The van der Waals surface area contributed by atoms with E-state index in [2.05, 4.69) is 31.1 Å². The first-order valence-electron chi connectivity index (χ1n) is 10.5. The molecule has 8 heteroatoms. The average Bonchev–Trinajstić information content (AvgIpc) is 2.72. The average molecular weight is 419 g/mol. The first kappa shape index (κ1) is 22.7. The van der Waals surface area contributed by atoms with Crippen LogP contribution in [0.2, 0.25) is 0 Å². The van der Waals surface area contributed by atoms with E-state index >= 15 is 0 Å². The quantitative estimate of drug-likeness (QED) is 0.604. The minimum Gasteiger partial charge on any atom is -0.303 e. The molecule has 0 radical (unpaired) electrons. The van der Waals surface area contributed by atoms with E-state index in [9.17, 15) is 8.78 Å². The monoisotopic (exact) mass is 418 g/mol. The van der Waals surface area contributed by atoms with Crippen molar-refractivity contribution >= 4 is 0 Å². The Balaban J connectivity index is 1.47. The zero-order valence-electron chi connectivity index (χ0n) is 17.3. The van der Waals surface area contributed by atoms with Crippen LogP contribution in [0.3, 0.4) is 0 Å². The molecule has 1 aliphatic rings. The summed E-state index contributed by atoms with van der Waals surface area (Å²) in [5, 5.41) is 13.8. The molecule has 4 N–H and O–H groups in total. The summed E-state index contributed by atoms with van der Waals surface area (Å²) in [5.41, 5.74) is 1.92. The molecule has 1 fully saturated rings. The van der Waals surface area contributed by atoms with Gasteiger partial charge in [-0.3, -0.25) is 9.80 Å². The lowest BCUT2D eigenvalue weighted by Crippen LogP contribution is -2.47. The van der Waals surface area contributed by atoms with Gasteiger partial charge in [0.25, 0.3) is 0 Å². The number of nitrogens with one attached hydrogen (secondary N) is 4. The van der Waals surface area contributed by atoms with Gasteiger partial charge in [0.2, 0.25) is 0 Å². The van der Waals surface area contributed by atoms with Crippen LogP contribution in [0.4, 0.5) is 8.78 Å². The number of hydrogen-bond donors (Lipinski definition) is 4. The highest BCUT2D eigenvalue weighted by molar-refractivity contribution is 5.16. The van der Waals surface area contributed by atoms with E-state index in [-0.39, 0.29) is 11.6 Å². The summed E-state index contributed by atoms with van der Waals surface area (Å²) >= 11 is 0. The molecule has 0 spiro atoms. The van der Waals surface area contributed by atoms with E-state index in [1.54, 1.807) is 24.3 Å². The highest BCUT2D eigenvalue weighted by Crippen LogP contribution is 2.07. The van der Waals surface area contributed by atoms with Crippen molar-refractivity contribution in [1.82, 2.24) is 31.1 Å². The zero-order chi connectivity index (χ0) is 21.0. The second-order valence-corrected chi connectivity index (χ2v) is 7.55. The van der Waals surface area contributed by atoms with Crippen LogP contribution < -0.4 is 21.3 Å². The van der Waals surface area contributed by atoms with Crippen LogP contribution in [-0.4, -0.2) is 62.7 Å². The zero-order valence-corrected chi connectivity index (χ0v) is 17.3. The molecule has 1 saturated heterocycles. The van der Waals surface area contributed by atoms with E-state index in [0.29, 0.717) is 39.8 Å². The molecule has 0 atom stereocenters. The fourth-order valence-corrected chi connectivity index (χ4v) is 3.42. The molecule has 2 aromatic rings. The van der Waals surface area contributed by atoms with Gasteiger partial charge >= 0.3 is 0 Å². The second-order valence-electron chi connectivity index (χ2n) is 7.55. The molecule has 1 heterocycles. The standard InChI is InChI=1S/C22H32F2N6/c23-21-5-1-3-19(11-21)13-29-15-25-7-9-27-17-30(18-28-10-8-26-16-29)14-20-4-2-6-22(24)12-20/h1-6,11-12,25-28H,7-10,13-18H2. The van der Waals surface area contributed by atoms with Crippen LogP contribution in [0.15, 0.2) is 48.5 Å². The molecule has 1 aliphatic heterocycles. The van der Waals surface area contributed by atoms with E-state index < -0.39 is 0 Å². The van der Waals surface area contributed by atoms with Gasteiger partial charge in [-0.2, -0.15) is 0 Å². The first-order chi connectivity index (χ1) is 14.7. The molecule has 164 valence electrons. The number of benzene rings is 2. The number of rotatable bonds is 4. The fraction of sp³-hybridized carbons (Fsp3) is 0.455. The second kappa shape index (κ2) is 12.7. The minimum absolute atomic E-state index is 0.202. The van der Waals surface area contributed by atoms with Crippen molar-refractivity contribution in [2.75, 3.05) is 52.9 Å². The molecule has 6 nitrogen and oxygen atoms in total. The van der Waals surface area contributed by atoms with Gasteiger partial charge in [-0.25, -0.2) is 8.78 Å². The molecule has 0 saturated carbocycles. The topological polar surface area (TPSA) is 54.6 Å². The van der Waals surface area contributed by atoms with Gasteiger partial charge in [0.15, 0.2) is 0 Å². The molecule has 2 aromatic carbocycles. The molecule has 3 rings (SSSR count). The van der Waals surface area contributed by atoms with Gasteiger partial charge in [-0.15, -0.1) is 0 Å². The lowest BCUT2D eigenvalue weighted by molar-refractivity contribution is 0.206. The molecule has 0 bridgehead atoms. The van der Waals surface area contributed by atoms with Crippen molar-refractivity contribution in [2.24, 2.45) is 0 Å². The Labute approximate surface area is 177 Å². The summed E-state index contributed by atoms with van der Waals surface area (Å²) < 4.78 is 26.9. The third kappa shape index (κ3) is 8.43. The predicted molar refractivity (Wildman–Crippen MR) is 115 cm³/mol. The van der Waals surface area contributed by atoms with E-state index in [0.717, 1.165) is 37.3 Å². The van der Waals surface area contributed by atoms with Gasteiger partial charge < -0.3 is 21.3 Å². The van der Waals surface area contributed by atoms with Gasteiger partial charge in [0.05, 0.1) is 0 Å². The Morgan fingerprint density at radius 3 is 1.30 bits per heavy atom. The van der Waals surface area contributed by atoms with Crippen molar-refractivity contribution in [3.05, 3.63) is 71.3 Å². The lowest BCUT2D eigenvalue weighted by atomic mass is 10.2. The van der Waals surface area contributed by atoms with Crippen molar-refractivity contribution < 1.29 is 8.78 Å². The highest BCUT2D eigenvalue weighted by atomic mass is 19.1. The molecule has 0 unspecified atom stereocenters. The van der Waals surface area contributed by atoms with Crippen molar-refractivity contribution in [1.29, 1.82) is 0 Å². The van der Waals surface area contributed by atoms with Crippen molar-refractivity contribution in [3.63, 3.8) is 0 Å². The number of nitrogens with zero attached hydrogens (tertiary/aromatic N) is 2. The van der Waals surface area contributed by atoms with Gasteiger partial charge in [0, 0.05) is 65.9 Å². The summed E-state index contributed by atoms with van der Waals surface area (Å²) in [6.45, 7) is 7.50. The normalized spacial score (nSPS) is 18.7. The fourth-order valence-electron chi connectivity index (χ4n) is 3.42. The predicted octanol–water partition coefficient (Wildman–Crippen LogP) is 1.47. The SMILES string of the molecule is Fc1cccc(CN2CNCCNCN(Cc3cccc(F)c3)CNCCNC2)c1. The molecule has 0 amide bonds. The van der Waals surface area contributed by atoms with Crippen LogP contribution in [0.1, 0.15) is 11.1 Å². The maximum Gasteiger partial charge on any atom is 0.123 e. The third-order valence-electron chi connectivity index (χ3n) is 4.89. The Kier molecular flexibility index (Phi) is 9.62. The number of hydrogen-bond acceptors (Lipinski definition) is 6. The van der Waals surface area contributed by atoms with Crippen LogP contribution >= 0.6 is 0 Å². The van der Waals surface area contributed by atoms with Gasteiger partial charge in [0.1, 0.15) is 11.6 Å². The van der Waals surface area contributed by atoms with Crippen LogP contribution in [0.5, 0.6) is 0 Å². The van der Waals surface area contributed by atoms with Gasteiger partial charge in [-0.1, -0.05) is 24.3 Å². The summed E-state index contributed by atoms with van der Waals surface area (Å²) in [5.74, 6) is -0.404. The van der Waals surface area contributed by atoms with Crippen LogP contribution in [0.25, 0.3) is 0 Å². The maximum atomic E-state index is 13.5. The van der Waals surface area contributed by atoms with E-state index in [4.69, 9.17) is 0 Å². The number of halogens is 2. The van der Waals surface area contributed by atoms with Crippen LogP contribution in [0, 0.1) is 11.6 Å². The van der Waals surface area contributed by atoms with Crippen molar-refractivity contribution in [3.8, 4) is 0 Å². The van der Waals surface area contributed by atoms with Crippen LogP contribution in [-0.2, 0) is 13.1 Å². The molecule has 0 aliphatic carbocycles. The Bertz CT molecular complexity index is 680. The Morgan fingerprint density at radius 2 is 0.967 bits per heavy atom. The molecular formula is C22H32F2N6. The van der Waals surface area contributed by atoms with E-state index in [1.807, 2.05) is 12.1 Å². The summed E-state index contributed by atoms with van der Waals surface area (Å²) in [6.07, 6.45) is 0. The summed E-state index contributed by atoms with van der Waals surface area (Å²) in [4.78, 5) is 4.44. The Hall–Kier alpha value is -1.94. The summed E-state index contributed by atoms with van der Waals surface area (Å²) in [6, 6.07) is 13.5. The minimum atomic E-state index is -0.202. The van der Waals surface area contributed by atoms with Crippen molar-refractivity contribution in [2.45, 2.75) is 13.1 Å². The molecule has 0 aromatic heterocycles. The molecular weight excluding hydrogens is 386 g/mol. The Morgan fingerprint density at radius 1 is 0.600 bits per heavy atom. The highest BCUT2D eigenvalue weighted by Gasteiger charge is 2.09. The lowest BCUT2D eigenvalue weighted by Gasteiger charge is -2.26.